The Bertz CT molecular complexity index is 3660. The van der Waals surface area contributed by atoms with Crippen LogP contribution in [0, 0.1) is 17.8 Å². The number of likely N-dealkylation sites (tertiary alicyclic amines) is 3. The number of amides is 16. The zero-order valence-corrected chi connectivity index (χ0v) is 72.7. The highest BCUT2D eigenvalue weighted by molar-refractivity contribution is 6.03. The smallest absolute Gasteiger partial charge is 0.248 e. The van der Waals surface area contributed by atoms with E-state index in [9.17, 15) is 76.7 Å². The van der Waals surface area contributed by atoms with Crippen LogP contribution in [-0.2, 0) is 76.7 Å². The lowest BCUT2D eigenvalue weighted by atomic mass is 9.91. The molecule has 1 aliphatic carbocycles. The number of rotatable bonds is 39. The third kappa shape index (κ3) is 26.2. The van der Waals surface area contributed by atoms with E-state index in [1.165, 1.54) is 75.9 Å². The minimum absolute atomic E-state index is 0.0575. The summed E-state index contributed by atoms with van der Waals surface area (Å²) >= 11 is 0. The molecule has 4 fully saturated rings. The van der Waals surface area contributed by atoms with E-state index in [2.05, 4.69) is 92.4 Å². The molecule has 34 heteroatoms. The fraction of sp³-hybridized carbons (Fsp3) is 0.793. The Morgan fingerprint density at radius 2 is 0.922 bits per heavy atom. The molecule has 652 valence electrons. The van der Waals surface area contributed by atoms with Gasteiger partial charge in [0.25, 0.3) is 0 Å². The Balaban J connectivity index is 0.939. The van der Waals surface area contributed by atoms with Gasteiger partial charge in [0.05, 0.1) is 45.2 Å². The third-order valence-electron chi connectivity index (χ3n) is 23.2. The standard InChI is InChI=1S/C82H138N18O16/c1-20-80(18,71(112)86-54(44-50(3)4)49-97-40-29-39-96-38-28-33-63(96)97)92-65(106)56(46-52(7)8)87-61(103)47-85-69(110)76(10,11)90-67(108)58-31-23-26-42-99(58)75(116)79(16,17)95-73(114)82(35-36-82)89-62(104)48-84-60(102)34-37-83-64(105)55(45-51(5)6)88-70(111)77(12,13)94-72(113)81(19,21-2)93-68(109)59-32-24-27-43-100(59)74(115)78(14,15)91-66(107)57-30-22-25-41-98(57)53(9)101/h50-52,54-59H,20-49H2,1-19H3,(H12-,83,84,85,86,87,88,89,90,91,92,93,94,95,102,103,104,105,106,107,108,109,110,111,112,113,114)/p+1/t54-,55-,56-,57-,58-,59-,80-,81-/m0/s1. The number of carbonyl (C=O) groups excluding carboxylic acids is 16. The van der Waals surface area contributed by atoms with Crippen molar-refractivity contribution in [3.63, 3.8) is 0 Å². The van der Waals surface area contributed by atoms with E-state index in [4.69, 9.17) is 0 Å². The number of piperidine rings is 3. The average Bonchev–Trinajstić information content (AvgIpc) is 1.78. The molecule has 0 bridgehead atoms. The molecule has 34 nitrogen and oxygen atoms in total. The van der Waals surface area contributed by atoms with Crippen molar-refractivity contribution in [2.45, 2.75) is 335 Å². The third-order valence-corrected chi connectivity index (χ3v) is 23.2. The first-order valence-electron chi connectivity index (χ1n) is 42.3. The van der Waals surface area contributed by atoms with Gasteiger partial charge in [0, 0.05) is 45.9 Å². The van der Waals surface area contributed by atoms with Crippen molar-refractivity contribution < 1.29 is 81.3 Å². The maximum atomic E-state index is 14.5. The van der Waals surface area contributed by atoms with Gasteiger partial charge in [-0.3, -0.25) is 86.2 Å². The summed E-state index contributed by atoms with van der Waals surface area (Å²) in [5.74, 6) is -8.06. The molecule has 0 unspecified atom stereocenters. The number of nitrogens with zero attached hydrogens (tertiary/aromatic N) is 5. The van der Waals surface area contributed by atoms with Gasteiger partial charge in [0.2, 0.25) is 100 Å². The van der Waals surface area contributed by atoms with Crippen molar-refractivity contribution in [3.8, 4) is 0 Å². The number of amidine groups is 1. The second-order valence-electron chi connectivity index (χ2n) is 36.6. The van der Waals surface area contributed by atoms with Gasteiger partial charge in [-0.1, -0.05) is 55.4 Å². The molecule has 0 aromatic rings. The van der Waals surface area contributed by atoms with E-state index in [-0.39, 0.29) is 107 Å². The molecule has 6 aliphatic rings. The van der Waals surface area contributed by atoms with Crippen LogP contribution >= 0.6 is 0 Å². The SMILES string of the molecule is CC[C@](C)(NC(=O)[C@H](CC(C)C)NC(=O)CNC(=O)C(C)(C)NC(=O)[C@@H]1CCCCN1C(=O)C(C)(C)NC(=O)C1(NC(=O)CNC(=O)CCNC(=O)[C@H](CC(C)C)NC(=O)C(C)(C)NC(=O)[C@](C)(CC)NC(=O)[C@@H]2CCCCN2C(=O)C(C)(C)NC(=O)[C@@H]2CCCCN2C(C)=O)CC1)C(=O)N[C@@H](CC(C)C)CN1CCC[N+]2=C1CCC2. The molecule has 6 rings (SSSR count). The van der Waals surface area contributed by atoms with Crippen LogP contribution in [0.25, 0.3) is 0 Å². The average molecular weight is 1630 g/mol. The number of hydrogen-bond donors (Lipinski definition) is 13. The Morgan fingerprint density at radius 1 is 0.448 bits per heavy atom. The lowest BCUT2D eigenvalue weighted by Crippen LogP contribution is -2.67. The lowest BCUT2D eigenvalue weighted by molar-refractivity contribution is -0.530. The molecule has 8 atom stereocenters. The van der Waals surface area contributed by atoms with Gasteiger partial charge in [0.15, 0.2) is 0 Å². The van der Waals surface area contributed by atoms with Crippen LogP contribution in [0.3, 0.4) is 0 Å². The Hall–Kier alpha value is -9.01. The number of nitrogens with one attached hydrogen (secondary N) is 13. The van der Waals surface area contributed by atoms with Gasteiger partial charge >= 0.3 is 0 Å². The highest BCUT2D eigenvalue weighted by atomic mass is 16.2. The molecule has 0 radical (unpaired) electrons. The molecule has 0 aromatic carbocycles. The van der Waals surface area contributed by atoms with Crippen LogP contribution < -0.4 is 69.1 Å². The van der Waals surface area contributed by atoms with Crippen molar-refractivity contribution in [1.29, 1.82) is 0 Å². The lowest BCUT2D eigenvalue weighted by Gasteiger charge is -2.42. The monoisotopic (exact) mass is 1630 g/mol. The molecule has 13 N–H and O–H groups in total. The predicted molar refractivity (Wildman–Crippen MR) is 435 cm³/mol. The zero-order valence-electron chi connectivity index (χ0n) is 72.7. The highest BCUT2D eigenvalue weighted by Crippen LogP contribution is 2.37. The summed E-state index contributed by atoms with van der Waals surface area (Å²) in [6.45, 7) is 34.7. The van der Waals surface area contributed by atoms with E-state index in [1.54, 1.807) is 27.7 Å². The summed E-state index contributed by atoms with van der Waals surface area (Å²) < 4.78 is 2.43. The second-order valence-corrected chi connectivity index (χ2v) is 36.6. The summed E-state index contributed by atoms with van der Waals surface area (Å²) in [5, 5.41) is 36.0. The van der Waals surface area contributed by atoms with E-state index in [0.29, 0.717) is 51.1 Å². The first-order chi connectivity index (χ1) is 54.0. The van der Waals surface area contributed by atoms with Gasteiger partial charge in [-0.25, -0.2) is 0 Å². The van der Waals surface area contributed by atoms with Crippen LogP contribution in [0.2, 0.25) is 0 Å². The van der Waals surface area contributed by atoms with Crippen molar-refractivity contribution >= 4 is 100 Å². The van der Waals surface area contributed by atoms with Crippen molar-refractivity contribution in [2.24, 2.45) is 17.8 Å². The molecule has 1 saturated carbocycles. The Morgan fingerprint density at radius 3 is 1.45 bits per heavy atom. The maximum absolute atomic E-state index is 14.5. The van der Waals surface area contributed by atoms with Gasteiger partial charge < -0.3 is 83.8 Å². The summed E-state index contributed by atoms with van der Waals surface area (Å²) in [6, 6.07) is -5.16. The van der Waals surface area contributed by atoms with E-state index < -0.39 is 165 Å². The molecule has 0 spiro atoms. The topological polar surface area (TPSA) is 445 Å². The molecule has 0 aromatic heterocycles. The van der Waals surface area contributed by atoms with Crippen molar-refractivity contribution in [1.82, 2.24) is 88.7 Å². The van der Waals surface area contributed by atoms with Crippen LogP contribution in [0.4, 0.5) is 0 Å². The van der Waals surface area contributed by atoms with Gasteiger partial charge in [-0.15, -0.1) is 0 Å². The molecular weight excluding hydrogens is 1490 g/mol. The minimum atomic E-state index is -1.66. The molecule has 5 aliphatic heterocycles. The Labute approximate surface area is 685 Å². The maximum Gasteiger partial charge on any atom is 0.248 e. The zero-order chi connectivity index (χ0) is 86.8. The van der Waals surface area contributed by atoms with Gasteiger partial charge in [-0.2, -0.15) is 0 Å². The second kappa shape index (κ2) is 40.9. The molecule has 3 saturated heterocycles. The summed E-state index contributed by atoms with van der Waals surface area (Å²) in [6.07, 6.45) is 9.50. The fourth-order valence-electron chi connectivity index (χ4n) is 15.7. The van der Waals surface area contributed by atoms with Gasteiger partial charge in [0.1, 0.15) is 75.5 Å². The number of carbonyl (C=O) groups is 16. The molecule has 5 heterocycles. The first-order valence-corrected chi connectivity index (χ1v) is 42.3. The van der Waals surface area contributed by atoms with E-state index in [0.717, 1.165) is 58.2 Å². The largest absolute Gasteiger partial charge is 0.354 e. The molecule has 116 heavy (non-hydrogen) atoms. The summed E-state index contributed by atoms with van der Waals surface area (Å²) in [7, 11) is 0. The molecule has 16 amide bonds. The van der Waals surface area contributed by atoms with E-state index >= 15 is 0 Å². The highest BCUT2D eigenvalue weighted by Gasteiger charge is 2.54. The van der Waals surface area contributed by atoms with Crippen LogP contribution in [0.5, 0.6) is 0 Å². The Kier molecular flexibility index (Phi) is 33.8. The van der Waals surface area contributed by atoms with Crippen molar-refractivity contribution in [2.75, 3.05) is 65.4 Å². The first kappa shape index (κ1) is 95.8. The van der Waals surface area contributed by atoms with Crippen molar-refractivity contribution in [3.05, 3.63) is 0 Å². The van der Waals surface area contributed by atoms with Gasteiger partial charge in [-0.05, 0) is 196 Å². The van der Waals surface area contributed by atoms with Crippen LogP contribution in [0.15, 0.2) is 0 Å². The fourth-order valence-corrected chi connectivity index (χ4v) is 15.7. The quantitative estimate of drug-likeness (QED) is 0.0384. The summed E-state index contributed by atoms with van der Waals surface area (Å²) in [5.41, 5.74) is -10.7. The predicted octanol–water partition coefficient (Wildman–Crippen LogP) is 1.19. The van der Waals surface area contributed by atoms with Crippen LogP contribution in [0.1, 0.15) is 260 Å². The molecular formula is C82H139N18O16+. The van der Waals surface area contributed by atoms with E-state index in [1.807, 2.05) is 34.6 Å². The number of hydrogen-bond acceptors (Lipinski definition) is 17. The summed E-state index contributed by atoms with van der Waals surface area (Å²) in [4.78, 5) is 228. The van der Waals surface area contributed by atoms with Crippen LogP contribution in [-0.4, -0.2) is 265 Å². The normalized spacial score (nSPS) is 20.2. The minimum Gasteiger partial charge on any atom is -0.354 e.